The number of carbonyl (C=O) groups excluding carboxylic acids is 1. The summed E-state index contributed by atoms with van der Waals surface area (Å²) in [5.74, 6) is 0.987. The standard InChI is InChI=1S/C14H22N2O3/c1-10-5-2-3-6-11(10)16-14(18)15-9-12(17)13-7-4-8-19-13/h4,7-8,10-12,17H,2-3,5-6,9H2,1H3,(H2,15,16,18). The van der Waals surface area contributed by atoms with Gasteiger partial charge in [-0.05, 0) is 30.9 Å². The van der Waals surface area contributed by atoms with Gasteiger partial charge in [0.05, 0.1) is 12.8 Å². The van der Waals surface area contributed by atoms with E-state index in [2.05, 4.69) is 17.6 Å². The molecule has 0 saturated heterocycles. The molecule has 3 atom stereocenters. The highest BCUT2D eigenvalue weighted by Gasteiger charge is 2.23. The molecule has 3 unspecified atom stereocenters. The molecule has 1 fully saturated rings. The van der Waals surface area contributed by atoms with Gasteiger partial charge < -0.3 is 20.2 Å². The van der Waals surface area contributed by atoms with Crippen molar-refractivity contribution in [1.82, 2.24) is 10.6 Å². The van der Waals surface area contributed by atoms with Gasteiger partial charge in [0.1, 0.15) is 11.9 Å². The largest absolute Gasteiger partial charge is 0.467 e. The molecule has 3 N–H and O–H groups in total. The second-order valence-corrected chi connectivity index (χ2v) is 5.25. The minimum Gasteiger partial charge on any atom is -0.467 e. The summed E-state index contributed by atoms with van der Waals surface area (Å²) in [5.41, 5.74) is 0. The van der Waals surface area contributed by atoms with Crippen LogP contribution in [0.1, 0.15) is 44.5 Å². The average molecular weight is 266 g/mol. The lowest BCUT2D eigenvalue weighted by molar-refractivity contribution is 0.146. The number of rotatable bonds is 4. The van der Waals surface area contributed by atoms with Crippen LogP contribution in [0, 0.1) is 5.92 Å². The number of aliphatic hydroxyl groups is 1. The molecule has 5 heteroatoms. The molecule has 1 aromatic heterocycles. The van der Waals surface area contributed by atoms with E-state index < -0.39 is 6.10 Å². The first-order valence-corrected chi connectivity index (χ1v) is 6.92. The lowest BCUT2D eigenvalue weighted by Crippen LogP contribution is -2.46. The third-order valence-electron chi connectivity index (χ3n) is 3.76. The first kappa shape index (κ1) is 13.9. The van der Waals surface area contributed by atoms with Crippen LogP contribution in [0.3, 0.4) is 0 Å². The lowest BCUT2D eigenvalue weighted by atomic mass is 9.86. The summed E-state index contributed by atoms with van der Waals surface area (Å²) in [6.45, 7) is 2.32. The number of furan rings is 1. The van der Waals surface area contributed by atoms with Gasteiger partial charge in [-0.25, -0.2) is 4.79 Å². The van der Waals surface area contributed by atoms with Crippen LogP contribution in [0.2, 0.25) is 0 Å². The Morgan fingerprint density at radius 3 is 3.00 bits per heavy atom. The summed E-state index contributed by atoms with van der Waals surface area (Å²) in [4.78, 5) is 11.8. The molecule has 106 valence electrons. The summed E-state index contributed by atoms with van der Waals surface area (Å²) in [6.07, 6.45) is 5.32. The van der Waals surface area contributed by atoms with Crippen molar-refractivity contribution in [3.8, 4) is 0 Å². The Labute approximate surface area is 113 Å². The zero-order valence-electron chi connectivity index (χ0n) is 11.3. The van der Waals surface area contributed by atoms with Crippen LogP contribution in [-0.2, 0) is 0 Å². The minimum atomic E-state index is -0.801. The van der Waals surface area contributed by atoms with Crippen molar-refractivity contribution in [2.75, 3.05) is 6.54 Å². The minimum absolute atomic E-state index is 0.153. The normalized spacial score (nSPS) is 24.7. The fourth-order valence-corrected chi connectivity index (χ4v) is 2.52. The second kappa shape index (κ2) is 6.61. The van der Waals surface area contributed by atoms with E-state index in [0.717, 1.165) is 6.42 Å². The Bertz CT molecular complexity index is 391. The number of amides is 2. The zero-order valence-corrected chi connectivity index (χ0v) is 11.3. The van der Waals surface area contributed by atoms with Crippen molar-refractivity contribution in [2.24, 2.45) is 5.92 Å². The van der Waals surface area contributed by atoms with Gasteiger partial charge >= 0.3 is 6.03 Å². The molecule has 1 aliphatic carbocycles. The van der Waals surface area contributed by atoms with E-state index in [9.17, 15) is 9.90 Å². The number of carbonyl (C=O) groups is 1. The van der Waals surface area contributed by atoms with Gasteiger partial charge in [-0.3, -0.25) is 0 Å². The van der Waals surface area contributed by atoms with Gasteiger partial charge in [-0.2, -0.15) is 0 Å². The maximum Gasteiger partial charge on any atom is 0.315 e. The van der Waals surface area contributed by atoms with E-state index in [0.29, 0.717) is 11.7 Å². The van der Waals surface area contributed by atoms with E-state index in [4.69, 9.17) is 4.42 Å². The van der Waals surface area contributed by atoms with Crippen LogP contribution in [0.15, 0.2) is 22.8 Å². The van der Waals surface area contributed by atoms with Gasteiger partial charge in [0.2, 0.25) is 0 Å². The maximum atomic E-state index is 11.8. The monoisotopic (exact) mass is 266 g/mol. The third-order valence-corrected chi connectivity index (χ3v) is 3.76. The van der Waals surface area contributed by atoms with Crippen molar-refractivity contribution in [2.45, 2.75) is 44.8 Å². The number of nitrogens with one attached hydrogen (secondary N) is 2. The van der Waals surface area contributed by atoms with Crippen molar-refractivity contribution >= 4 is 6.03 Å². The SMILES string of the molecule is CC1CCCCC1NC(=O)NCC(O)c1ccco1. The molecule has 2 amide bonds. The summed E-state index contributed by atoms with van der Waals surface area (Å²) in [6, 6.07) is 3.43. The predicted octanol–water partition coefficient (Wildman–Crippen LogP) is 2.19. The maximum absolute atomic E-state index is 11.8. The Morgan fingerprint density at radius 1 is 1.53 bits per heavy atom. The number of hydrogen-bond donors (Lipinski definition) is 3. The molecule has 5 nitrogen and oxygen atoms in total. The van der Waals surface area contributed by atoms with E-state index in [1.54, 1.807) is 12.1 Å². The highest BCUT2D eigenvalue weighted by atomic mass is 16.4. The molecule has 0 aromatic carbocycles. The van der Waals surface area contributed by atoms with Crippen LogP contribution in [0.5, 0.6) is 0 Å². The molecule has 19 heavy (non-hydrogen) atoms. The van der Waals surface area contributed by atoms with Crippen LogP contribution in [0.4, 0.5) is 4.79 Å². The summed E-state index contributed by atoms with van der Waals surface area (Å²) in [5, 5.41) is 15.4. The van der Waals surface area contributed by atoms with Gasteiger partial charge in [0.15, 0.2) is 0 Å². The number of urea groups is 1. The summed E-state index contributed by atoms with van der Waals surface area (Å²) < 4.78 is 5.07. The van der Waals surface area contributed by atoms with Crippen LogP contribution >= 0.6 is 0 Å². The predicted molar refractivity (Wildman–Crippen MR) is 71.6 cm³/mol. The lowest BCUT2D eigenvalue weighted by Gasteiger charge is -2.29. The van der Waals surface area contributed by atoms with Gasteiger partial charge in [0, 0.05) is 6.04 Å². The van der Waals surface area contributed by atoms with E-state index >= 15 is 0 Å². The van der Waals surface area contributed by atoms with Crippen LogP contribution < -0.4 is 10.6 Å². The summed E-state index contributed by atoms with van der Waals surface area (Å²) in [7, 11) is 0. The topological polar surface area (TPSA) is 74.5 Å². The molecule has 2 rings (SSSR count). The van der Waals surface area contributed by atoms with Gasteiger partial charge in [0.25, 0.3) is 0 Å². The Kier molecular flexibility index (Phi) is 4.85. The molecule has 0 bridgehead atoms. The first-order chi connectivity index (χ1) is 9.16. The molecule has 1 aromatic rings. The fourth-order valence-electron chi connectivity index (χ4n) is 2.52. The third kappa shape index (κ3) is 3.99. The number of aliphatic hydroxyl groups excluding tert-OH is 1. The zero-order chi connectivity index (χ0) is 13.7. The first-order valence-electron chi connectivity index (χ1n) is 6.92. The smallest absolute Gasteiger partial charge is 0.315 e. The van der Waals surface area contributed by atoms with Crippen molar-refractivity contribution in [3.63, 3.8) is 0 Å². The van der Waals surface area contributed by atoms with Crippen molar-refractivity contribution in [1.29, 1.82) is 0 Å². The van der Waals surface area contributed by atoms with E-state index in [-0.39, 0.29) is 18.6 Å². The van der Waals surface area contributed by atoms with Crippen molar-refractivity contribution in [3.05, 3.63) is 24.2 Å². The van der Waals surface area contributed by atoms with Crippen LogP contribution in [-0.4, -0.2) is 23.7 Å². The Hall–Kier alpha value is -1.49. The fraction of sp³-hybridized carbons (Fsp3) is 0.643. The van der Waals surface area contributed by atoms with Crippen molar-refractivity contribution < 1.29 is 14.3 Å². The van der Waals surface area contributed by atoms with Crippen LogP contribution in [0.25, 0.3) is 0 Å². The Morgan fingerprint density at radius 2 is 2.32 bits per heavy atom. The molecule has 1 aliphatic rings. The molecule has 1 heterocycles. The molecular weight excluding hydrogens is 244 g/mol. The van der Waals surface area contributed by atoms with E-state index in [1.807, 2.05) is 0 Å². The second-order valence-electron chi connectivity index (χ2n) is 5.25. The average Bonchev–Trinajstić information content (AvgIpc) is 2.93. The highest BCUT2D eigenvalue weighted by molar-refractivity contribution is 5.74. The van der Waals surface area contributed by atoms with E-state index in [1.165, 1.54) is 25.5 Å². The quantitative estimate of drug-likeness (QED) is 0.782. The van der Waals surface area contributed by atoms with Gasteiger partial charge in [-0.15, -0.1) is 0 Å². The summed E-state index contributed by atoms with van der Waals surface area (Å²) >= 11 is 0. The van der Waals surface area contributed by atoms with Gasteiger partial charge in [-0.1, -0.05) is 19.8 Å². The molecule has 0 radical (unpaired) electrons. The highest BCUT2D eigenvalue weighted by Crippen LogP contribution is 2.23. The molecule has 0 aliphatic heterocycles. The molecule has 1 saturated carbocycles. The molecular formula is C14H22N2O3. The number of hydrogen-bond acceptors (Lipinski definition) is 3. The molecule has 0 spiro atoms. The Balaban J connectivity index is 1.72.